The Kier molecular flexibility index (Phi) is 6.62. The number of aryl methyl sites for hydroxylation is 3. The number of amides is 1. The molecule has 8 nitrogen and oxygen atoms in total. The lowest BCUT2D eigenvalue weighted by Gasteiger charge is -2.20. The van der Waals surface area contributed by atoms with Crippen molar-refractivity contribution >= 4 is 5.91 Å². The molecule has 0 fully saturated rings. The van der Waals surface area contributed by atoms with Crippen molar-refractivity contribution in [3.05, 3.63) is 94.6 Å². The Morgan fingerprint density at radius 2 is 1.94 bits per heavy atom. The van der Waals surface area contributed by atoms with Gasteiger partial charge in [0.05, 0.1) is 18.4 Å². The fourth-order valence-corrected chi connectivity index (χ4v) is 3.61. The number of hydrogen-bond donors (Lipinski definition) is 1. The Labute approximate surface area is 196 Å². The van der Waals surface area contributed by atoms with Crippen molar-refractivity contribution in [2.24, 2.45) is 7.05 Å². The molecule has 1 amide bonds. The van der Waals surface area contributed by atoms with Crippen LogP contribution < -0.4 is 14.8 Å². The summed E-state index contributed by atoms with van der Waals surface area (Å²) in [4.78, 5) is 17.5. The van der Waals surface area contributed by atoms with Crippen LogP contribution in [0.2, 0.25) is 0 Å². The van der Waals surface area contributed by atoms with E-state index in [9.17, 15) is 9.18 Å². The van der Waals surface area contributed by atoms with E-state index in [0.717, 1.165) is 11.3 Å². The van der Waals surface area contributed by atoms with Gasteiger partial charge in [-0.15, -0.1) is 0 Å². The van der Waals surface area contributed by atoms with Crippen molar-refractivity contribution in [1.29, 1.82) is 0 Å². The number of hydrogen-bond acceptors (Lipinski definition) is 6. The Morgan fingerprint density at radius 3 is 2.56 bits per heavy atom. The number of halogens is 1. The maximum atomic E-state index is 13.5. The van der Waals surface area contributed by atoms with Crippen molar-refractivity contribution < 1.29 is 23.2 Å². The van der Waals surface area contributed by atoms with Crippen LogP contribution in [0.5, 0.6) is 11.5 Å². The second kappa shape index (κ2) is 9.78. The van der Waals surface area contributed by atoms with Gasteiger partial charge in [0.15, 0.2) is 11.5 Å². The molecule has 0 aliphatic carbocycles. The highest BCUT2D eigenvalue weighted by Crippen LogP contribution is 2.30. The van der Waals surface area contributed by atoms with Crippen LogP contribution in [-0.2, 0) is 13.7 Å². The number of imidazole rings is 1. The predicted octanol–water partition coefficient (Wildman–Crippen LogP) is 4.27. The lowest BCUT2D eigenvalue weighted by Crippen LogP contribution is -2.31. The summed E-state index contributed by atoms with van der Waals surface area (Å²) in [5, 5.41) is 6.92. The molecule has 0 saturated heterocycles. The van der Waals surface area contributed by atoms with Crippen LogP contribution >= 0.6 is 0 Å². The second-order valence-electron chi connectivity index (χ2n) is 7.81. The number of rotatable bonds is 8. The molecule has 1 unspecified atom stereocenters. The van der Waals surface area contributed by atoms with Crippen molar-refractivity contribution in [3.63, 3.8) is 0 Å². The highest BCUT2D eigenvalue weighted by atomic mass is 19.1. The first kappa shape index (κ1) is 23.0. The first-order valence-electron chi connectivity index (χ1n) is 10.6. The molecule has 2 aromatic heterocycles. The molecule has 4 rings (SSSR count). The molecule has 34 heavy (non-hydrogen) atoms. The summed E-state index contributed by atoms with van der Waals surface area (Å²) in [7, 11) is 3.34. The average molecular weight is 464 g/mol. The summed E-state index contributed by atoms with van der Waals surface area (Å²) in [6.45, 7) is 3.93. The van der Waals surface area contributed by atoms with E-state index >= 15 is 0 Å². The highest BCUT2D eigenvalue weighted by molar-refractivity contribution is 5.95. The molecule has 9 heteroatoms. The van der Waals surface area contributed by atoms with Crippen LogP contribution in [0.15, 0.2) is 59.4 Å². The van der Waals surface area contributed by atoms with Crippen molar-refractivity contribution in [2.45, 2.75) is 26.5 Å². The van der Waals surface area contributed by atoms with Gasteiger partial charge in [0.1, 0.15) is 30.1 Å². The summed E-state index contributed by atoms with van der Waals surface area (Å²) in [6, 6.07) is 10.3. The van der Waals surface area contributed by atoms with E-state index in [1.165, 1.54) is 19.2 Å². The van der Waals surface area contributed by atoms with E-state index in [4.69, 9.17) is 14.0 Å². The molecule has 0 bridgehead atoms. The number of nitrogens with zero attached hydrogens (tertiary/aromatic N) is 3. The number of carbonyl (C=O) groups excluding carboxylic acids is 1. The molecule has 4 aromatic rings. The summed E-state index contributed by atoms with van der Waals surface area (Å²) in [5.74, 6) is 1.51. The molecule has 1 N–H and O–H groups in total. The van der Waals surface area contributed by atoms with Crippen LogP contribution in [0.4, 0.5) is 4.39 Å². The van der Waals surface area contributed by atoms with Gasteiger partial charge in [-0.2, -0.15) is 0 Å². The van der Waals surface area contributed by atoms with E-state index in [1.807, 2.05) is 20.9 Å². The van der Waals surface area contributed by atoms with Gasteiger partial charge in [-0.25, -0.2) is 9.37 Å². The monoisotopic (exact) mass is 464 g/mol. The summed E-state index contributed by atoms with van der Waals surface area (Å²) in [5.41, 5.74) is 2.70. The van der Waals surface area contributed by atoms with Gasteiger partial charge >= 0.3 is 0 Å². The first-order valence-corrected chi connectivity index (χ1v) is 10.6. The van der Waals surface area contributed by atoms with E-state index in [2.05, 4.69) is 15.5 Å². The lowest BCUT2D eigenvalue weighted by atomic mass is 10.0. The molecule has 1 atom stereocenters. The highest BCUT2D eigenvalue weighted by Gasteiger charge is 2.22. The second-order valence-corrected chi connectivity index (χ2v) is 7.81. The Hall–Kier alpha value is -4.14. The summed E-state index contributed by atoms with van der Waals surface area (Å²) >= 11 is 0. The third kappa shape index (κ3) is 4.78. The van der Waals surface area contributed by atoms with Gasteiger partial charge in [0.2, 0.25) is 0 Å². The van der Waals surface area contributed by atoms with Crippen molar-refractivity contribution in [1.82, 2.24) is 20.0 Å². The van der Waals surface area contributed by atoms with Crippen LogP contribution in [0.25, 0.3) is 0 Å². The van der Waals surface area contributed by atoms with Gasteiger partial charge in [-0.3, -0.25) is 4.79 Å². The minimum atomic E-state index is -0.574. The van der Waals surface area contributed by atoms with E-state index in [1.54, 1.807) is 47.3 Å². The number of benzene rings is 2. The number of ether oxygens (including phenoxy) is 2. The van der Waals surface area contributed by atoms with Gasteiger partial charge in [0.25, 0.3) is 5.91 Å². The van der Waals surface area contributed by atoms with Crippen LogP contribution in [0, 0.1) is 19.7 Å². The fourth-order valence-electron chi connectivity index (χ4n) is 3.61. The zero-order valence-corrected chi connectivity index (χ0v) is 19.3. The zero-order chi connectivity index (χ0) is 24.2. The SMILES string of the molecule is COc1cc(C(=O)NC(c2ccc(F)cc2)c2nccn2C)ccc1OCc1c(C)noc1C. The lowest BCUT2D eigenvalue weighted by molar-refractivity contribution is 0.0940. The van der Waals surface area contributed by atoms with Crippen LogP contribution in [0.1, 0.15) is 44.8 Å². The van der Waals surface area contributed by atoms with Crippen LogP contribution in [0.3, 0.4) is 0 Å². The average Bonchev–Trinajstić information content (AvgIpc) is 3.40. The topological polar surface area (TPSA) is 91.4 Å². The Bertz CT molecular complexity index is 1280. The maximum absolute atomic E-state index is 13.5. The maximum Gasteiger partial charge on any atom is 0.252 e. The normalized spacial score (nSPS) is 11.8. The number of carbonyl (C=O) groups is 1. The van der Waals surface area contributed by atoms with E-state index < -0.39 is 6.04 Å². The number of methoxy groups -OCH3 is 1. The van der Waals surface area contributed by atoms with Crippen LogP contribution in [-0.4, -0.2) is 27.7 Å². The van der Waals surface area contributed by atoms with Crippen molar-refractivity contribution in [2.75, 3.05) is 7.11 Å². The first-order chi connectivity index (χ1) is 16.4. The number of aromatic nitrogens is 3. The third-order valence-corrected chi connectivity index (χ3v) is 5.57. The molecule has 2 aromatic carbocycles. The molecular weight excluding hydrogens is 439 g/mol. The molecule has 0 saturated carbocycles. The van der Waals surface area contributed by atoms with Gasteiger partial charge in [0, 0.05) is 25.0 Å². The van der Waals surface area contributed by atoms with Crippen molar-refractivity contribution in [3.8, 4) is 11.5 Å². The number of nitrogens with one attached hydrogen (secondary N) is 1. The molecule has 176 valence electrons. The fraction of sp³-hybridized carbons (Fsp3) is 0.240. The summed E-state index contributed by atoms with van der Waals surface area (Å²) < 4.78 is 31.8. The van der Waals surface area contributed by atoms with Gasteiger partial charge < -0.3 is 23.9 Å². The van der Waals surface area contributed by atoms with E-state index in [-0.39, 0.29) is 18.3 Å². The summed E-state index contributed by atoms with van der Waals surface area (Å²) in [6.07, 6.45) is 3.43. The Balaban J connectivity index is 1.56. The molecule has 2 heterocycles. The Morgan fingerprint density at radius 1 is 1.18 bits per heavy atom. The van der Waals surface area contributed by atoms with Gasteiger partial charge in [-0.1, -0.05) is 17.3 Å². The minimum Gasteiger partial charge on any atom is -0.493 e. The third-order valence-electron chi connectivity index (χ3n) is 5.57. The molecule has 0 aliphatic heterocycles. The largest absolute Gasteiger partial charge is 0.493 e. The molecule has 0 radical (unpaired) electrons. The predicted molar refractivity (Wildman–Crippen MR) is 122 cm³/mol. The molecular formula is C25H25FN4O4. The van der Waals surface area contributed by atoms with E-state index in [0.29, 0.717) is 34.2 Å². The quantitative estimate of drug-likeness (QED) is 0.419. The standard InChI is InChI=1S/C25H25FN4O4/c1-15-20(16(2)34-29-15)14-33-21-10-7-18(13-22(21)32-4)25(31)28-23(24-27-11-12-30(24)3)17-5-8-19(26)9-6-17/h5-13,23H,14H2,1-4H3,(H,28,31). The smallest absolute Gasteiger partial charge is 0.252 e. The molecule has 0 aliphatic rings. The zero-order valence-electron chi connectivity index (χ0n) is 19.3. The minimum absolute atomic E-state index is 0.259. The van der Waals surface area contributed by atoms with Gasteiger partial charge in [-0.05, 0) is 49.7 Å². The molecule has 0 spiro atoms.